The van der Waals surface area contributed by atoms with Crippen molar-refractivity contribution in [1.29, 1.82) is 0 Å². The maximum atomic E-state index is 4.61. The van der Waals surface area contributed by atoms with Crippen molar-refractivity contribution in [2.24, 2.45) is 0 Å². The molecule has 0 amide bonds. The highest BCUT2D eigenvalue weighted by Crippen LogP contribution is 2.20. The zero-order chi connectivity index (χ0) is 10.4. The first-order valence-corrected chi connectivity index (χ1v) is 7.19. The Balaban J connectivity index is 2.48. The van der Waals surface area contributed by atoms with Crippen molar-refractivity contribution in [1.82, 2.24) is 10.3 Å². The van der Waals surface area contributed by atoms with Crippen molar-refractivity contribution in [2.45, 2.75) is 25.5 Å². The van der Waals surface area contributed by atoms with Crippen LogP contribution in [0.1, 0.15) is 30.5 Å². The van der Waals surface area contributed by atoms with Crippen LogP contribution < -0.4 is 5.32 Å². The predicted octanol–water partition coefficient (Wildman–Crippen LogP) is 2.72. The van der Waals surface area contributed by atoms with E-state index in [1.54, 1.807) is 11.3 Å². The van der Waals surface area contributed by atoms with Gasteiger partial charge in [-0.3, -0.25) is 0 Å². The number of nitrogens with one attached hydrogen (secondary N) is 1. The summed E-state index contributed by atoms with van der Waals surface area (Å²) in [4.78, 5) is 4.61. The fraction of sp³-hybridized carbons (Fsp3) is 0.700. The molecule has 0 aliphatic carbocycles. The van der Waals surface area contributed by atoms with Crippen molar-refractivity contribution in [3.05, 3.63) is 16.1 Å². The van der Waals surface area contributed by atoms with Crippen LogP contribution in [0.25, 0.3) is 0 Å². The number of likely N-dealkylation sites (N-methyl/N-ethyl adjacent to an activating group) is 1. The first-order chi connectivity index (χ1) is 6.77. The first kappa shape index (κ1) is 12.0. The van der Waals surface area contributed by atoms with Gasteiger partial charge in [0, 0.05) is 23.6 Å². The van der Waals surface area contributed by atoms with Gasteiger partial charge in [0.25, 0.3) is 0 Å². The van der Waals surface area contributed by atoms with Crippen LogP contribution in [-0.2, 0) is 5.75 Å². The lowest BCUT2D eigenvalue weighted by Crippen LogP contribution is -2.19. The minimum Gasteiger partial charge on any atom is -0.316 e. The smallest absolute Gasteiger partial charge is 0.103 e. The molecule has 1 aromatic heterocycles. The topological polar surface area (TPSA) is 24.9 Å². The minimum atomic E-state index is 0.529. The molecule has 2 nitrogen and oxygen atoms in total. The Morgan fingerprint density at radius 1 is 1.64 bits per heavy atom. The van der Waals surface area contributed by atoms with Crippen molar-refractivity contribution < 1.29 is 0 Å². The van der Waals surface area contributed by atoms with Gasteiger partial charge in [-0.1, -0.05) is 13.8 Å². The molecule has 1 atom stereocenters. The second-order valence-electron chi connectivity index (χ2n) is 3.31. The summed E-state index contributed by atoms with van der Waals surface area (Å²) in [6.07, 6.45) is 2.11. The van der Waals surface area contributed by atoms with Gasteiger partial charge in [-0.05, 0) is 12.8 Å². The molecule has 0 saturated carbocycles. The van der Waals surface area contributed by atoms with E-state index in [2.05, 4.69) is 35.8 Å². The Bertz CT molecular complexity index is 260. The van der Waals surface area contributed by atoms with Crippen LogP contribution in [0.15, 0.2) is 5.38 Å². The highest BCUT2D eigenvalue weighted by atomic mass is 32.2. The van der Waals surface area contributed by atoms with Crippen LogP contribution in [0.3, 0.4) is 0 Å². The Hall–Kier alpha value is -0.0600. The fourth-order valence-corrected chi connectivity index (χ4v) is 2.84. The third kappa shape index (κ3) is 3.59. The monoisotopic (exact) mass is 230 g/mol. The van der Waals surface area contributed by atoms with E-state index in [1.165, 1.54) is 10.7 Å². The molecule has 80 valence electrons. The highest BCUT2D eigenvalue weighted by molar-refractivity contribution is 7.97. The summed E-state index contributed by atoms with van der Waals surface area (Å²) >= 11 is 3.61. The summed E-state index contributed by atoms with van der Waals surface area (Å²) in [5, 5.41) is 6.78. The van der Waals surface area contributed by atoms with Crippen LogP contribution >= 0.6 is 23.1 Å². The average Bonchev–Trinajstić information content (AvgIpc) is 2.63. The Morgan fingerprint density at radius 2 is 2.43 bits per heavy atom. The summed E-state index contributed by atoms with van der Waals surface area (Å²) in [6, 6.07) is 0. The average molecular weight is 230 g/mol. The molecular weight excluding hydrogens is 212 g/mol. The summed E-state index contributed by atoms with van der Waals surface area (Å²) < 4.78 is 0. The molecule has 0 saturated heterocycles. The van der Waals surface area contributed by atoms with E-state index in [0.717, 1.165) is 18.8 Å². The zero-order valence-corrected chi connectivity index (χ0v) is 10.7. The molecule has 0 radical (unpaired) electrons. The highest BCUT2D eigenvalue weighted by Gasteiger charge is 2.08. The third-order valence-corrected chi connectivity index (χ3v) is 3.65. The van der Waals surface area contributed by atoms with E-state index in [4.69, 9.17) is 0 Å². The Kier molecular flexibility index (Phi) is 5.52. The van der Waals surface area contributed by atoms with Crippen molar-refractivity contribution >= 4 is 23.1 Å². The van der Waals surface area contributed by atoms with E-state index >= 15 is 0 Å². The fourth-order valence-electron chi connectivity index (χ4n) is 1.21. The van der Waals surface area contributed by atoms with E-state index in [-0.39, 0.29) is 0 Å². The van der Waals surface area contributed by atoms with Crippen LogP contribution in [-0.4, -0.2) is 24.3 Å². The molecule has 0 aliphatic rings. The summed E-state index contributed by atoms with van der Waals surface area (Å²) in [6.45, 7) is 6.42. The van der Waals surface area contributed by atoms with E-state index in [1.807, 2.05) is 11.8 Å². The van der Waals surface area contributed by atoms with Gasteiger partial charge in [0.2, 0.25) is 0 Å². The lowest BCUT2D eigenvalue weighted by atomic mass is 10.1. The lowest BCUT2D eigenvalue weighted by molar-refractivity contribution is 0.624. The standard InChI is InChI=1S/C10H18N2S2/c1-4-11-5-8(2)9-6-14-10(12-9)7-13-3/h6,8,11H,4-5,7H2,1-3H3. The second-order valence-corrected chi connectivity index (χ2v) is 5.12. The molecule has 4 heteroatoms. The molecule has 0 aromatic carbocycles. The molecule has 0 bridgehead atoms. The van der Waals surface area contributed by atoms with Gasteiger partial charge < -0.3 is 5.32 Å². The summed E-state index contributed by atoms with van der Waals surface area (Å²) in [5.74, 6) is 1.57. The van der Waals surface area contributed by atoms with E-state index in [9.17, 15) is 0 Å². The van der Waals surface area contributed by atoms with E-state index < -0.39 is 0 Å². The number of hydrogen-bond acceptors (Lipinski definition) is 4. The van der Waals surface area contributed by atoms with Gasteiger partial charge in [-0.2, -0.15) is 11.8 Å². The maximum absolute atomic E-state index is 4.61. The molecule has 14 heavy (non-hydrogen) atoms. The van der Waals surface area contributed by atoms with Gasteiger partial charge in [-0.25, -0.2) is 4.98 Å². The van der Waals surface area contributed by atoms with Gasteiger partial charge in [0.15, 0.2) is 0 Å². The van der Waals surface area contributed by atoms with Crippen LogP contribution in [0.5, 0.6) is 0 Å². The lowest BCUT2D eigenvalue weighted by Gasteiger charge is -2.08. The molecular formula is C10H18N2S2. The maximum Gasteiger partial charge on any atom is 0.103 e. The second kappa shape index (κ2) is 6.43. The molecule has 0 fully saturated rings. The van der Waals surface area contributed by atoms with Crippen molar-refractivity contribution in [3.63, 3.8) is 0 Å². The normalized spacial score (nSPS) is 13.1. The summed E-state index contributed by atoms with van der Waals surface area (Å²) in [5.41, 5.74) is 1.24. The molecule has 0 spiro atoms. The molecule has 1 rings (SSSR count). The summed E-state index contributed by atoms with van der Waals surface area (Å²) in [7, 11) is 0. The first-order valence-electron chi connectivity index (χ1n) is 4.91. The number of thiazole rings is 1. The van der Waals surface area contributed by atoms with Crippen LogP contribution in [0, 0.1) is 0 Å². The molecule has 1 N–H and O–H groups in total. The van der Waals surface area contributed by atoms with Gasteiger partial charge >= 0.3 is 0 Å². The number of thioether (sulfide) groups is 1. The van der Waals surface area contributed by atoms with Crippen molar-refractivity contribution in [3.8, 4) is 0 Å². The van der Waals surface area contributed by atoms with Crippen molar-refractivity contribution in [2.75, 3.05) is 19.3 Å². The molecule has 1 heterocycles. The Labute approximate surface area is 94.5 Å². The van der Waals surface area contributed by atoms with Crippen LogP contribution in [0.4, 0.5) is 0 Å². The van der Waals surface area contributed by atoms with Crippen LogP contribution in [0.2, 0.25) is 0 Å². The number of hydrogen-bond donors (Lipinski definition) is 1. The predicted molar refractivity (Wildman–Crippen MR) is 66.3 cm³/mol. The largest absolute Gasteiger partial charge is 0.316 e. The minimum absolute atomic E-state index is 0.529. The SMILES string of the molecule is CCNCC(C)c1csc(CSC)n1. The third-order valence-electron chi connectivity index (χ3n) is 2.04. The zero-order valence-electron chi connectivity index (χ0n) is 9.04. The van der Waals surface area contributed by atoms with Gasteiger partial charge in [-0.15, -0.1) is 11.3 Å². The molecule has 1 unspecified atom stereocenters. The molecule has 0 aliphatic heterocycles. The quantitative estimate of drug-likeness (QED) is 0.813. The Morgan fingerprint density at radius 3 is 3.07 bits per heavy atom. The number of rotatable bonds is 6. The number of nitrogens with zero attached hydrogens (tertiary/aromatic N) is 1. The van der Waals surface area contributed by atoms with Gasteiger partial charge in [0.05, 0.1) is 5.69 Å². The number of aromatic nitrogens is 1. The van der Waals surface area contributed by atoms with Gasteiger partial charge in [0.1, 0.15) is 5.01 Å². The molecule has 1 aromatic rings. The van der Waals surface area contributed by atoms with E-state index in [0.29, 0.717) is 5.92 Å².